The molecular formula is C24H25N3O5. The van der Waals surface area contributed by atoms with E-state index < -0.39 is 18.0 Å². The van der Waals surface area contributed by atoms with Gasteiger partial charge in [0.1, 0.15) is 12.3 Å². The lowest BCUT2D eigenvalue weighted by molar-refractivity contribution is 0.0696. The summed E-state index contributed by atoms with van der Waals surface area (Å²) in [5.41, 5.74) is 4.04. The first-order valence-corrected chi connectivity index (χ1v) is 10.1. The van der Waals surface area contributed by atoms with Gasteiger partial charge in [0.15, 0.2) is 0 Å². The van der Waals surface area contributed by atoms with Crippen LogP contribution in [0.3, 0.4) is 0 Å². The van der Waals surface area contributed by atoms with Gasteiger partial charge in [-0.05, 0) is 48.2 Å². The molecule has 1 aliphatic heterocycles. The number of carboxylic acid groups (broad SMARTS) is 1. The topological polar surface area (TPSA) is 109 Å². The third kappa shape index (κ3) is 5.03. The first-order chi connectivity index (χ1) is 15.3. The monoisotopic (exact) mass is 435 g/mol. The quantitative estimate of drug-likeness (QED) is 0.646. The maximum absolute atomic E-state index is 12.6. The molecule has 1 aromatic heterocycles. The van der Waals surface area contributed by atoms with Crippen LogP contribution in [0.1, 0.15) is 44.6 Å². The molecule has 0 aliphatic carbocycles. The van der Waals surface area contributed by atoms with Crippen LogP contribution in [0.15, 0.2) is 54.6 Å². The molecular weight excluding hydrogens is 410 g/mol. The summed E-state index contributed by atoms with van der Waals surface area (Å²) in [5.74, 6) is -1.59. The van der Waals surface area contributed by atoms with Crippen LogP contribution < -0.4 is 10.2 Å². The van der Waals surface area contributed by atoms with E-state index in [-0.39, 0.29) is 17.9 Å². The standard InChI is InChI=1S/C24H25N3O5/c1-4-6-15(2)14-32-24(31)27-10-9-19-16(7-5-8-21(19)27)11-18-12-17(23(29)30)13-20(26-18)22(28)25-3/h4-8,12-13H,1,9-11,14H2,2-3H3,(H,25,28)(H,29,30)/b15-6+. The molecule has 0 fully saturated rings. The summed E-state index contributed by atoms with van der Waals surface area (Å²) < 4.78 is 5.40. The Kier molecular flexibility index (Phi) is 7.04. The lowest BCUT2D eigenvalue weighted by atomic mass is 9.99. The number of anilines is 1. The largest absolute Gasteiger partial charge is 0.478 e. The van der Waals surface area contributed by atoms with Gasteiger partial charge >= 0.3 is 12.1 Å². The Balaban J connectivity index is 1.85. The maximum atomic E-state index is 12.6. The Hall–Kier alpha value is -3.94. The number of nitrogens with one attached hydrogen (secondary N) is 1. The number of hydrogen-bond donors (Lipinski definition) is 2. The molecule has 2 N–H and O–H groups in total. The van der Waals surface area contributed by atoms with Crippen molar-refractivity contribution in [3.63, 3.8) is 0 Å². The van der Waals surface area contributed by atoms with E-state index in [1.807, 2.05) is 25.1 Å². The molecule has 0 bridgehead atoms. The van der Waals surface area contributed by atoms with Gasteiger partial charge in [0.05, 0.1) is 11.3 Å². The lowest BCUT2D eigenvalue weighted by Gasteiger charge is -2.18. The van der Waals surface area contributed by atoms with E-state index >= 15 is 0 Å². The molecule has 166 valence electrons. The molecule has 0 spiro atoms. The normalized spacial score (nSPS) is 12.8. The highest BCUT2D eigenvalue weighted by Gasteiger charge is 2.28. The molecule has 0 saturated heterocycles. The molecule has 3 rings (SSSR count). The molecule has 8 heteroatoms. The number of fused-ring (bicyclic) bond motifs is 1. The van der Waals surface area contributed by atoms with Gasteiger partial charge in [0.2, 0.25) is 0 Å². The van der Waals surface area contributed by atoms with Crippen molar-refractivity contribution in [2.75, 3.05) is 25.1 Å². The third-order valence-corrected chi connectivity index (χ3v) is 5.13. The van der Waals surface area contributed by atoms with E-state index in [4.69, 9.17) is 4.74 Å². The van der Waals surface area contributed by atoms with Gasteiger partial charge in [-0.25, -0.2) is 14.6 Å². The van der Waals surface area contributed by atoms with Gasteiger partial charge in [0.25, 0.3) is 5.91 Å². The minimum absolute atomic E-state index is 0.00525. The van der Waals surface area contributed by atoms with Gasteiger partial charge in [-0.3, -0.25) is 9.69 Å². The van der Waals surface area contributed by atoms with Crippen LogP contribution in [-0.4, -0.2) is 48.3 Å². The summed E-state index contributed by atoms with van der Waals surface area (Å²) in [6.07, 6.45) is 3.98. The van der Waals surface area contributed by atoms with E-state index in [1.54, 1.807) is 17.1 Å². The molecule has 2 heterocycles. The fourth-order valence-corrected chi connectivity index (χ4v) is 3.61. The van der Waals surface area contributed by atoms with Crippen LogP contribution in [0.2, 0.25) is 0 Å². The molecule has 0 radical (unpaired) electrons. The number of pyridine rings is 1. The van der Waals surface area contributed by atoms with Crippen LogP contribution in [0.25, 0.3) is 0 Å². The number of nitrogens with zero attached hydrogens (tertiary/aromatic N) is 2. The van der Waals surface area contributed by atoms with Crippen molar-refractivity contribution in [2.24, 2.45) is 0 Å². The van der Waals surface area contributed by atoms with Crippen molar-refractivity contribution in [1.82, 2.24) is 10.3 Å². The van der Waals surface area contributed by atoms with Crippen LogP contribution in [0.4, 0.5) is 10.5 Å². The number of carbonyl (C=O) groups is 3. The highest BCUT2D eigenvalue weighted by Crippen LogP contribution is 2.32. The van der Waals surface area contributed by atoms with Gasteiger partial charge in [0, 0.05) is 25.7 Å². The van der Waals surface area contributed by atoms with Gasteiger partial charge in [-0.2, -0.15) is 0 Å². The van der Waals surface area contributed by atoms with E-state index in [2.05, 4.69) is 16.9 Å². The Morgan fingerprint density at radius 2 is 2.09 bits per heavy atom. The first kappa shape index (κ1) is 22.7. The summed E-state index contributed by atoms with van der Waals surface area (Å²) in [6.45, 7) is 6.16. The fraction of sp³-hybridized carbons (Fsp3) is 0.250. The summed E-state index contributed by atoms with van der Waals surface area (Å²) in [5, 5.41) is 11.9. The Labute approximate surface area is 186 Å². The molecule has 8 nitrogen and oxygen atoms in total. The number of amides is 2. The van der Waals surface area contributed by atoms with Crippen LogP contribution >= 0.6 is 0 Å². The maximum Gasteiger partial charge on any atom is 0.414 e. The number of carbonyl (C=O) groups excluding carboxylic acids is 2. The third-order valence-electron chi connectivity index (χ3n) is 5.13. The van der Waals surface area contributed by atoms with Gasteiger partial charge in [-0.1, -0.05) is 30.9 Å². The van der Waals surface area contributed by atoms with Crippen molar-refractivity contribution < 1.29 is 24.2 Å². The number of rotatable bonds is 7. The van der Waals surface area contributed by atoms with E-state index in [0.717, 1.165) is 22.4 Å². The predicted molar refractivity (Wildman–Crippen MR) is 120 cm³/mol. The highest BCUT2D eigenvalue weighted by molar-refractivity contribution is 5.96. The van der Waals surface area contributed by atoms with E-state index in [0.29, 0.717) is 25.1 Å². The number of hydrogen-bond acceptors (Lipinski definition) is 5. The number of allylic oxidation sites excluding steroid dienone is 2. The zero-order chi connectivity index (χ0) is 23.3. The first-order valence-electron chi connectivity index (χ1n) is 10.1. The predicted octanol–water partition coefficient (Wildman–Crippen LogP) is 3.36. The minimum Gasteiger partial charge on any atom is -0.478 e. The van der Waals surface area contributed by atoms with Crippen molar-refractivity contribution in [3.8, 4) is 0 Å². The molecule has 0 saturated carbocycles. The van der Waals surface area contributed by atoms with Crippen LogP contribution in [0.5, 0.6) is 0 Å². The summed E-state index contributed by atoms with van der Waals surface area (Å²) >= 11 is 0. The van der Waals surface area contributed by atoms with Crippen molar-refractivity contribution in [3.05, 3.63) is 82.7 Å². The zero-order valence-corrected chi connectivity index (χ0v) is 18.1. The molecule has 2 aromatic rings. The fourth-order valence-electron chi connectivity index (χ4n) is 3.61. The van der Waals surface area contributed by atoms with Crippen LogP contribution in [0, 0.1) is 0 Å². The van der Waals surface area contributed by atoms with E-state index in [9.17, 15) is 19.5 Å². The second-order valence-electron chi connectivity index (χ2n) is 7.41. The van der Waals surface area contributed by atoms with Crippen molar-refractivity contribution in [2.45, 2.75) is 19.8 Å². The second-order valence-corrected chi connectivity index (χ2v) is 7.41. The number of carboxylic acids is 1. The molecule has 1 aliphatic rings. The molecule has 2 amide bonds. The number of benzene rings is 1. The smallest absolute Gasteiger partial charge is 0.414 e. The van der Waals surface area contributed by atoms with Gasteiger partial charge < -0.3 is 15.2 Å². The number of aromatic nitrogens is 1. The van der Waals surface area contributed by atoms with Gasteiger partial charge in [-0.15, -0.1) is 0 Å². The summed E-state index contributed by atoms with van der Waals surface area (Å²) in [4.78, 5) is 42.0. The lowest BCUT2D eigenvalue weighted by Crippen LogP contribution is -2.30. The zero-order valence-electron chi connectivity index (χ0n) is 18.1. The van der Waals surface area contributed by atoms with E-state index in [1.165, 1.54) is 19.2 Å². The second kappa shape index (κ2) is 9.91. The number of aromatic carboxylic acids is 1. The molecule has 1 aromatic carbocycles. The summed E-state index contributed by atoms with van der Waals surface area (Å²) in [7, 11) is 1.46. The highest BCUT2D eigenvalue weighted by atomic mass is 16.6. The summed E-state index contributed by atoms with van der Waals surface area (Å²) in [6, 6.07) is 8.32. The molecule has 32 heavy (non-hydrogen) atoms. The molecule has 0 atom stereocenters. The van der Waals surface area contributed by atoms with Crippen LogP contribution in [-0.2, 0) is 17.6 Å². The Morgan fingerprint density at radius 1 is 1.31 bits per heavy atom. The van der Waals surface area contributed by atoms with Crippen molar-refractivity contribution in [1.29, 1.82) is 0 Å². The average Bonchev–Trinajstić information content (AvgIpc) is 3.22. The van der Waals surface area contributed by atoms with Crippen molar-refractivity contribution >= 4 is 23.7 Å². The Morgan fingerprint density at radius 3 is 2.78 bits per heavy atom. The average molecular weight is 435 g/mol. The minimum atomic E-state index is -1.13. The number of ether oxygens (including phenoxy) is 1. The molecule has 0 unspecified atom stereocenters. The Bertz CT molecular complexity index is 1110. The SMILES string of the molecule is C=C/C=C(\C)COC(=O)N1CCc2c(Cc3cc(C(=O)O)cc(C(=O)NC)n3)cccc21.